The summed E-state index contributed by atoms with van der Waals surface area (Å²) in [6.07, 6.45) is 0. The molecule has 0 unspecified atom stereocenters. The van der Waals surface area contributed by atoms with Gasteiger partial charge in [-0.3, -0.25) is 0 Å². The first kappa shape index (κ1) is 35.4. The average molecular weight is 801 g/mol. The van der Waals surface area contributed by atoms with Crippen LogP contribution < -0.4 is 0 Å². The lowest BCUT2D eigenvalue weighted by atomic mass is 9.89. The fourth-order valence-corrected chi connectivity index (χ4v) is 10.0. The van der Waals surface area contributed by atoms with E-state index in [0.29, 0.717) is 5.82 Å². The van der Waals surface area contributed by atoms with Crippen LogP contribution in [0.3, 0.4) is 0 Å². The Morgan fingerprint density at radius 1 is 0.254 bits per heavy atom. The number of rotatable bonds is 5. The number of furan rings is 1. The summed E-state index contributed by atoms with van der Waals surface area (Å²) in [4.78, 5) is 11.0. The van der Waals surface area contributed by atoms with Gasteiger partial charge in [-0.25, -0.2) is 9.97 Å². The van der Waals surface area contributed by atoms with E-state index in [9.17, 15) is 0 Å². The van der Waals surface area contributed by atoms with Crippen LogP contribution in [0.25, 0.3) is 132 Å². The first-order valence-electron chi connectivity index (χ1n) is 21.5. The third kappa shape index (κ3) is 5.60. The molecular formula is C60H36N2O. The van der Waals surface area contributed by atoms with Gasteiger partial charge in [-0.15, -0.1) is 0 Å². The Morgan fingerprint density at radius 3 is 1.33 bits per heavy atom. The third-order valence-electron chi connectivity index (χ3n) is 12.9. The second kappa shape index (κ2) is 14.1. The normalized spacial score (nSPS) is 11.8. The molecule has 0 aliphatic rings. The molecule has 0 aliphatic carbocycles. The van der Waals surface area contributed by atoms with Gasteiger partial charge in [0.05, 0.1) is 11.4 Å². The standard InChI is InChI=1S/C60H36N2O/c1-3-18-39-37(16-1)34-54(45-24-9-5-20-41(39)45)47-26-11-12-28-52(47)60-61-56(36-57(62-60)53-30-15-29-51-50-27-13-14-31-58(50)63-59(51)53)49-33-32-48(43-22-7-8-23-44(43)49)55-35-38-17-2-4-19-40(38)42-21-6-10-25-46(42)55/h1-36H. The molecule has 3 nitrogen and oxygen atoms in total. The fraction of sp³-hybridized carbons (Fsp3) is 0. The molecule has 0 N–H and O–H groups in total. The van der Waals surface area contributed by atoms with Gasteiger partial charge in [0.25, 0.3) is 0 Å². The molecule has 0 saturated heterocycles. The molecule has 0 amide bonds. The lowest BCUT2D eigenvalue weighted by molar-refractivity contribution is 0.670. The van der Waals surface area contributed by atoms with E-state index in [2.05, 4.69) is 206 Å². The van der Waals surface area contributed by atoms with Crippen LogP contribution in [-0.4, -0.2) is 9.97 Å². The Hall–Kier alpha value is -8.40. The Labute approximate surface area is 363 Å². The van der Waals surface area contributed by atoms with E-state index in [1.807, 2.05) is 12.1 Å². The lowest BCUT2D eigenvalue weighted by Crippen LogP contribution is -1.98. The summed E-state index contributed by atoms with van der Waals surface area (Å²) >= 11 is 0. The van der Waals surface area contributed by atoms with Gasteiger partial charge in [0.2, 0.25) is 0 Å². The number of nitrogens with zero attached hydrogens (tertiary/aromatic N) is 2. The quantitative estimate of drug-likeness (QED) is 0.163. The van der Waals surface area contributed by atoms with E-state index in [4.69, 9.17) is 14.4 Å². The zero-order valence-corrected chi connectivity index (χ0v) is 34.1. The minimum Gasteiger partial charge on any atom is -0.455 e. The molecule has 63 heavy (non-hydrogen) atoms. The topological polar surface area (TPSA) is 38.9 Å². The molecule has 0 spiro atoms. The predicted octanol–water partition coefficient (Wildman–Crippen LogP) is 16.5. The maximum atomic E-state index is 6.65. The molecule has 11 aromatic carbocycles. The number of hydrogen-bond acceptors (Lipinski definition) is 3. The molecule has 13 rings (SSSR count). The number of aromatic nitrogens is 2. The van der Waals surface area contributed by atoms with Crippen LogP contribution in [0.4, 0.5) is 0 Å². The van der Waals surface area contributed by atoms with Gasteiger partial charge in [0.1, 0.15) is 11.2 Å². The number of fused-ring (bicyclic) bond motifs is 10. The first-order valence-corrected chi connectivity index (χ1v) is 21.5. The van der Waals surface area contributed by atoms with Crippen molar-refractivity contribution in [3.63, 3.8) is 0 Å². The Balaban J connectivity index is 1.08. The highest BCUT2D eigenvalue weighted by atomic mass is 16.3. The monoisotopic (exact) mass is 800 g/mol. The molecule has 0 fully saturated rings. The van der Waals surface area contributed by atoms with Crippen LogP contribution in [0.5, 0.6) is 0 Å². The number of para-hydroxylation sites is 2. The summed E-state index contributed by atoms with van der Waals surface area (Å²) in [6.45, 7) is 0. The zero-order chi connectivity index (χ0) is 41.4. The van der Waals surface area contributed by atoms with Gasteiger partial charge >= 0.3 is 0 Å². The maximum absolute atomic E-state index is 6.65. The Morgan fingerprint density at radius 2 is 0.683 bits per heavy atom. The van der Waals surface area contributed by atoms with Gasteiger partial charge in [-0.2, -0.15) is 0 Å². The molecule has 0 radical (unpaired) electrons. The molecule has 0 bridgehead atoms. The molecule has 13 aromatic rings. The van der Waals surface area contributed by atoms with Crippen molar-refractivity contribution < 1.29 is 4.42 Å². The van der Waals surface area contributed by atoms with Crippen LogP contribution in [0.15, 0.2) is 223 Å². The minimum absolute atomic E-state index is 0.650. The predicted molar refractivity (Wildman–Crippen MR) is 264 cm³/mol. The minimum atomic E-state index is 0.650. The first-order chi connectivity index (χ1) is 31.2. The van der Waals surface area contributed by atoms with Crippen LogP contribution in [0, 0.1) is 0 Å². The summed E-state index contributed by atoms with van der Waals surface area (Å²) in [7, 11) is 0. The van der Waals surface area contributed by atoms with Crippen molar-refractivity contribution in [1.29, 1.82) is 0 Å². The van der Waals surface area contributed by atoms with Gasteiger partial charge < -0.3 is 4.42 Å². The van der Waals surface area contributed by atoms with Gasteiger partial charge in [0.15, 0.2) is 5.82 Å². The van der Waals surface area contributed by atoms with Crippen LogP contribution in [0.2, 0.25) is 0 Å². The van der Waals surface area contributed by atoms with Crippen molar-refractivity contribution in [2.24, 2.45) is 0 Å². The van der Waals surface area contributed by atoms with E-state index < -0.39 is 0 Å². The van der Waals surface area contributed by atoms with E-state index in [-0.39, 0.29) is 0 Å². The van der Waals surface area contributed by atoms with E-state index >= 15 is 0 Å². The largest absolute Gasteiger partial charge is 0.455 e. The van der Waals surface area contributed by atoms with E-state index in [1.165, 1.54) is 59.6 Å². The molecule has 0 atom stereocenters. The number of hydrogen-bond donors (Lipinski definition) is 0. The molecule has 3 heteroatoms. The van der Waals surface area contributed by atoms with Crippen molar-refractivity contribution in [3.8, 4) is 56.2 Å². The Bertz CT molecular complexity index is 3990. The lowest BCUT2D eigenvalue weighted by Gasteiger charge is -2.17. The van der Waals surface area contributed by atoms with Crippen molar-refractivity contribution >= 4 is 75.8 Å². The van der Waals surface area contributed by atoms with Crippen LogP contribution >= 0.6 is 0 Å². The smallest absolute Gasteiger partial charge is 0.161 e. The second-order valence-electron chi connectivity index (χ2n) is 16.4. The second-order valence-corrected chi connectivity index (χ2v) is 16.4. The number of benzene rings is 11. The summed E-state index contributed by atoms with van der Waals surface area (Å²) in [5, 5.41) is 14.2. The zero-order valence-electron chi connectivity index (χ0n) is 34.1. The third-order valence-corrected chi connectivity index (χ3v) is 12.9. The fourth-order valence-electron chi connectivity index (χ4n) is 10.0. The molecule has 2 heterocycles. The molecule has 2 aromatic heterocycles. The molecule has 0 saturated carbocycles. The SMILES string of the molecule is c1ccc(-c2cc3ccccc3c3ccccc23)c(-c2nc(-c3ccc(-c4cc5ccccc5c5ccccc45)c4ccccc34)cc(-c3cccc4c3oc3ccccc34)n2)c1. The molecule has 292 valence electrons. The average Bonchev–Trinajstić information content (AvgIpc) is 3.74. The molecule has 0 aliphatic heterocycles. The van der Waals surface area contributed by atoms with Crippen LogP contribution in [0.1, 0.15) is 0 Å². The van der Waals surface area contributed by atoms with E-state index in [0.717, 1.165) is 66.5 Å². The van der Waals surface area contributed by atoms with Crippen molar-refractivity contribution in [2.45, 2.75) is 0 Å². The summed E-state index contributed by atoms with van der Waals surface area (Å²) in [5.74, 6) is 0.650. The molecular weight excluding hydrogens is 765 g/mol. The van der Waals surface area contributed by atoms with Gasteiger partial charge in [0, 0.05) is 27.5 Å². The van der Waals surface area contributed by atoms with Crippen molar-refractivity contribution in [3.05, 3.63) is 218 Å². The summed E-state index contributed by atoms with van der Waals surface area (Å²) in [5.41, 5.74) is 10.8. The maximum Gasteiger partial charge on any atom is 0.161 e. The highest BCUT2D eigenvalue weighted by Crippen LogP contribution is 2.44. The summed E-state index contributed by atoms with van der Waals surface area (Å²) < 4.78 is 6.65. The van der Waals surface area contributed by atoms with Crippen molar-refractivity contribution in [1.82, 2.24) is 9.97 Å². The summed E-state index contributed by atoms with van der Waals surface area (Å²) in [6, 6.07) is 78.1. The van der Waals surface area contributed by atoms with Crippen molar-refractivity contribution in [2.75, 3.05) is 0 Å². The highest BCUT2D eigenvalue weighted by Gasteiger charge is 2.21. The van der Waals surface area contributed by atoms with Gasteiger partial charge in [-0.1, -0.05) is 188 Å². The Kier molecular flexibility index (Phi) is 7.91. The van der Waals surface area contributed by atoms with E-state index in [1.54, 1.807) is 0 Å². The van der Waals surface area contributed by atoms with Gasteiger partial charge in [-0.05, 0) is 106 Å². The highest BCUT2D eigenvalue weighted by molar-refractivity contribution is 6.18. The van der Waals surface area contributed by atoms with Crippen LogP contribution in [-0.2, 0) is 0 Å².